The van der Waals surface area contributed by atoms with Crippen LogP contribution in [0.2, 0.25) is 0 Å². The molecular formula is C14H20N4. The fourth-order valence-corrected chi connectivity index (χ4v) is 2.99. The average molecular weight is 244 g/mol. The summed E-state index contributed by atoms with van der Waals surface area (Å²) in [7, 11) is 0. The van der Waals surface area contributed by atoms with Crippen LogP contribution in [0.25, 0.3) is 11.0 Å². The van der Waals surface area contributed by atoms with Crippen molar-refractivity contribution in [3.05, 3.63) is 24.5 Å². The zero-order chi connectivity index (χ0) is 12.4. The maximum Gasteiger partial charge on any atom is 0.112 e. The molecule has 1 aromatic heterocycles. The summed E-state index contributed by atoms with van der Waals surface area (Å²) in [4.78, 5) is 10.1. The molecule has 0 amide bonds. The van der Waals surface area contributed by atoms with E-state index in [2.05, 4.69) is 33.1 Å². The minimum Gasteiger partial charge on any atom is -0.367 e. The minimum atomic E-state index is 0.575. The highest BCUT2D eigenvalue weighted by Crippen LogP contribution is 2.30. The molecule has 4 nitrogen and oxygen atoms in total. The van der Waals surface area contributed by atoms with E-state index in [1.54, 1.807) is 6.33 Å². The van der Waals surface area contributed by atoms with Crippen molar-refractivity contribution in [3.8, 4) is 0 Å². The summed E-state index contributed by atoms with van der Waals surface area (Å²) < 4.78 is 0. The van der Waals surface area contributed by atoms with Crippen LogP contribution in [0.1, 0.15) is 25.7 Å². The number of H-pyrrole nitrogens is 1. The Morgan fingerprint density at radius 3 is 3.22 bits per heavy atom. The summed E-state index contributed by atoms with van der Waals surface area (Å²) in [5, 5.41) is 0. The van der Waals surface area contributed by atoms with E-state index in [1.807, 2.05) is 0 Å². The summed E-state index contributed by atoms with van der Waals surface area (Å²) >= 11 is 0. The van der Waals surface area contributed by atoms with Crippen LogP contribution in [0.3, 0.4) is 0 Å². The molecule has 2 aromatic rings. The Morgan fingerprint density at radius 1 is 1.39 bits per heavy atom. The van der Waals surface area contributed by atoms with Crippen molar-refractivity contribution in [1.82, 2.24) is 9.97 Å². The monoisotopic (exact) mass is 244 g/mol. The highest BCUT2D eigenvalue weighted by atomic mass is 15.2. The largest absolute Gasteiger partial charge is 0.367 e. The van der Waals surface area contributed by atoms with Gasteiger partial charge in [0, 0.05) is 12.6 Å². The number of rotatable bonds is 3. The molecule has 1 fully saturated rings. The van der Waals surface area contributed by atoms with Gasteiger partial charge in [0.1, 0.15) is 5.52 Å². The predicted octanol–water partition coefficient (Wildman–Crippen LogP) is 2.27. The SMILES string of the molecule is NCCC1CCCCN1c1cccc2[nH]cnc12. The third kappa shape index (κ3) is 1.97. The first-order valence-electron chi connectivity index (χ1n) is 6.79. The van der Waals surface area contributed by atoms with Crippen molar-refractivity contribution in [2.24, 2.45) is 5.73 Å². The zero-order valence-corrected chi connectivity index (χ0v) is 10.6. The third-order valence-electron chi connectivity index (χ3n) is 3.86. The topological polar surface area (TPSA) is 57.9 Å². The molecule has 1 aliphatic rings. The second kappa shape index (κ2) is 4.98. The zero-order valence-electron chi connectivity index (χ0n) is 10.6. The molecule has 0 radical (unpaired) electrons. The Labute approximate surface area is 107 Å². The lowest BCUT2D eigenvalue weighted by atomic mass is 9.98. The van der Waals surface area contributed by atoms with E-state index in [4.69, 9.17) is 5.73 Å². The van der Waals surface area contributed by atoms with Crippen molar-refractivity contribution in [2.75, 3.05) is 18.0 Å². The van der Waals surface area contributed by atoms with Crippen LogP contribution < -0.4 is 10.6 Å². The van der Waals surface area contributed by atoms with E-state index < -0.39 is 0 Å². The van der Waals surface area contributed by atoms with E-state index in [0.29, 0.717) is 6.04 Å². The Balaban J connectivity index is 1.98. The highest BCUT2D eigenvalue weighted by molar-refractivity contribution is 5.88. The number of hydrogen-bond donors (Lipinski definition) is 2. The second-order valence-electron chi connectivity index (χ2n) is 5.00. The van der Waals surface area contributed by atoms with Crippen molar-refractivity contribution >= 4 is 16.7 Å². The molecule has 0 bridgehead atoms. The summed E-state index contributed by atoms with van der Waals surface area (Å²) in [6, 6.07) is 6.93. The van der Waals surface area contributed by atoms with E-state index in [1.165, 1.54) is 24.9 Å². The summed E-state index contributed by atoms with van der Waals surface area (Å²) in [5.41, 5.74) is 9.20. The first-order chi connectivity index (χ1) is 8.90. The van der Waals surface area contributed by atoms with Gasteiger partial charge in [0.25, 0.3) is 0 Å². The number of anilines is 1. The average Bonchev–Trinajstić information content (AvgIpc) is 2.88. The number of benzene rings is 1. The summed E-state index contributed by atoms with van der Waals surface area (Å²) in [6.07, 6.45) is 6.68. The third-order valence-corrected chi connectivity index (χ3v) is 3.86. The molecule has 1 aromatic carbocycles. The number of aromatic nitrogens is 2. The van der Waals surface area contributed by atoms with Crippen molar-refractivity contribution < 1.29 is 0 Å². The van der Waals surface area contributed by atoms with Crippen LogP contribution in [-0.2, 0) is 0 Å². The van der Waals surface area contributed by atoms with Gasteiger partial charge in [-0.1, -0.05) is 6.07 Å². The highest BCUT2D eigenvalue weighted by Gasteiger charge is 2.23. The first-order valence-corrected chi connectivity index (χ1v) is 6.79. The smallest absolute Gasteiger partial charge is 0.112 e. The number of nitrogens with zero attached hydrogens (tertiary/aromatic N) is 2. The van der Waals surface area contributed by atoms with Crippen LogP contribution in [0.5, 0.6) is 0 Å². The van der Waals surface area contributed by atoms with Gasteiger partial charge in [-0.3, -0.25) is 0 Å². The number of piperidine rings is 1. The van der Waals surface area contributed by atoms with Gasteiger partial charge in [-0.15, -0.1) is 0 Å². The fraction of sp³-hybridized carbons (Fsp3) is 0.500. The van der Waals surface area contributed by atoms with Gasteiger partial charge in [0.05, 0.1) is 17.5 Å². The van der Waals surface area contributed by atoms with Gasteiger partial charge in [0.2, 0.25) is 0 Å². The molecule has 1 atom stereocenters. The Kier molecular flexibility index (Phi) is 3.19. The Bertz CT molecular complexity index is 517. The molecule has 1 saturated heterocycles. The van der Waals surface area contributed by atoms with Crippen LogP contribution in [0.15, 0.2) is 24.5 Å². The van der Waals surface area contributed by atoms with Gasteiger partial charge < -0.3 is 15.6 Å². The van der Waals surface area contributed by atoms with Crippen molar-refractivity contribution in [3.63, 3.8) is 0 Å². The van der Waals surface area contributed by atoms with Crippen LogP contribution in [-0.4, -0.2) is 29.1 Å². The molecule has 1 unspecified atom stereocenters. The summed E-state index contributed by atoms with van der Waals surface area (Å²) in [6.45, 7) is 1.88. The molecule has 4 heteroatoms. The van der Waals surface area contributed by atoms with E-state index in [0.717, 1.165) is 30.5 Å². The molecule has 0 aliphatic carbocycles. The second-order valence-corrected chi connectivity index (χ2v) is 5.00. The van der Waals surface area contributed by atoms with Gasteiger partial charge >= 0.3 is 0 Å². The minimum absolute atomic E-state index is 0.575. The number of para-hydroxylation sites is 1. The van der Waals surface area contributed by atoms with Gasteiger partial charge in [-0.25, -0.2) is 4.98 Å². The summed E-state index contributed by atoms with van der Waals surface area (Å²) in [5.74, 6) is 0. The lowest BCUT2D eigenvalue weighted by molar-refractivity contribution is 0.442. The maximum atomic E-state index is 5.74. The molecule has 2 heterocycles. The first kappa shape index (κ1) is 11.5. The number of hydrogen-bond acceptors (Lipinski definition) is 3. The number of fused-ring (bicyclic) bond motifs is 1. The quantitative estimate of drug-likeness (QED) is 0.870. The fourth-order valence-electron chi connectivity index (χ4n) is 2.99. The Morgan fingerprint density at radius 2 is 2.33 bits per heavy atom. The number of nitrogens with two attached hydrogens (primary N) is 1. The Hall–Kier alpha value is -1.55. The standard InChI is InChI=1S/C14H20N4/c15-8-7-11-4-1-2-9-18(11)13-6-3-5-12-14(13)17-10-16-12/h3,5-6,10-11H,1-2,4,7-9,15H2,(H,16,17). The van der Waals surface area contributed by atoms with Gasteiger partial charge in [-0.2, -0.15) is 0 Å². The van der Waals surface area contributed by atoms with Gasteiger partial charge in [0.15, 0.2) is 0 Å². The number of nitrogens with one attached hydrogen (secondary N) is 1. The van der Waals surface area contributed by atoms with Crippen molar-refractivity contribution in [1.29, 1.82) is 0 Å². The van der Waals surface area contributed by atoms with E-state index in [9.17, 15) is 0 Å². The molecule has 3 rings (SSSR count). The lowest BCUT2D eigenvalue weighted by Gasteiger charge is -2.37. The van der Waals surface area contributed by atoms with E-state index >= 15 is 0 Å². The lowest BCUT2D eigenvalue weighted by Crippen LogP contribution is -2.40. The number of imidazole rings is 1. The molecule has 1 aliphatic heterocycles. The molecule has 3 N–H and O–H groups in total. The number of aromatic amines is 1. The molecule has 0 spiro atoms. The van der Waals surface area contributed by atoms with Crippen LogP contribution >= 0.6 is 0 Å². The normalized spacial score (nSPS) is 20.5. The maximum absolute atomic E-state index is 5.74. The van der Waals surface area contributed by atoms with Crippen molar-refractivity contribution in [2.45, 2.75) is 31.7 Å². The van der Waals surface area contributed by atoms with Crippen LogP contribution in [0.4, 0.5) is 5.69 Å². The van der Waals surface area contributed by atoms with Gasteiger partial charge in [-0.05, 0) is 44.4 Å². The van der Waals surface area contributed by atoms with E-state index in [-0.39, 0.29) is 0 Å². The molecule has 96 valence electrons. The predicted molar refractivity (Wildman–Crippen MR) is 74.8 cm³/mol. The van der Waals surface area contributed by atoms with Crippen LogP contribution in [0, 0.1) is 0 Å². The molecular weight excluding hydrogens is 224 g/mol. The molecule has 0 saturated carbocycles. The molecule has 18 heavy (non-hydrogen) atoms.